The largest absolute Gasteiger partial charge is 0.346 e. The second kappa shape index (κ2) is 7.20. The smallest absolute Gasteiger partial charge is 0.229 e. The van der Waals surface area contributed by atoms with Crippen LogP contribution in [0.4, 0.5) is 20.5 Å². The topological polar surface area (TPSA) is 96.1 Å². The van der Waals surface area contributed by atoms with Crippen LogP contribution in [0, 0.1) is 11.6 Å². The predicted molar refractivity (Wildman–Crippen MR) is 118 cm³/mol. The van der Waals surface area contributed by atoms with Gasteiger partial charge in [0.05, 0.1) is 29.3 Å². The molecular weight excluding hydrogens is 430 g/mol. The number of halogens is 2. The monoisotopic (exact) mass is 448 g/mol. The van der Waals surface area contributed by atoms with E-state index < -0.39 is 17.1 Å². The number of likely N-dealkylation sites (N-methyl/N-ethyl adjacent to an activating group) is 1. The molecule has 1 aliphatic rings. The van der Waals surface area contributed by atoms with E-state index in [-0.39, 0.29) is 22.6 Å². The third kappa shape index (κ3) is 3.24. The second-order valence-corrected chi connectivity index (χ2v) is 8.07. The van der Waals surface area contributed by atoms with E-state index in [1.54, 1.807) is 22.9 Å². The van der Waals surface area contributed by atoms with Crippen molar-refractivity contribution in [2.24, 2.45) is 0 Å². The quantitative estimate of drug-likeness (QED) is 0.441. The van der Waals surface area contributed by atoms with E-state index in [2.05, 4.69) is 30.3 Å². The summed E-state index contributed by atoms with van der Waals surface area (Å²) in [6, 6.07) is 5.87. The maximum absolute atomic E-state index is 14.9. The molecular formula is C22H18F2N8O. The summed E-state index contributed by atoms with van der Waals surface area (Å²) in [5.41, 5.74) is 1.51. The lowest BCUT2D eigenvalue weighted by Crippen LogP contribution is -2.30. The van der Waals surface area contributed by atoms with E-state index in [4.69, 9.17) is 0 Å². The van der Waals surface area contributed by atoms with Gasteiger partial charge >= 0.3 is 0 Å². The van der Waals surface area contributed by atoms with E-state index in [9.17, 15) is 13.6 Å². The number of hydrogen-bond acceptors (Lipinski definition) is 6. The number of rotatable bonds is 3. The number of nitrogens with one attached hydrogen (secondary N) is 2. The molecule has 2 N–H and O–H groups in total. The zero-order valence-corrected chi connectivity index (χ0v) is 17.5. The normalized spacial score (nSPS) is 14.2. The molecule has 0 amide bonds. The van der Waals surface area contributed by atoms with E-state index in [1.165, 1.54) is 6.07 Å². The van der Waals surface area contributed by atoms with E-state index >= 15 is 0 Å². The van der Waals surface area contributed by atoms with Gasteiger partial charge in [0.25, 0.3) is 0 Å². The molecule has 5 aromatic rings. The molecule has 0 bridgehead atoms. The van der Waals surface area contributed by atoms with Gasteiger partial charge in [-0.25, -0.2) is 18.7 Å². The van der Waals surface area contributed by atoms with Crippen molar-refractivity contribution < 1.29 is 8.78 Å². The first kappa shape index (κ1) is 19.6. The molecule has 0 aliphatic carbocycles. The molecule has 6 rings (SSSR count). The first-order chi connectivity index (χ1) is 16.0. The summed E-state index contributed by atoms with van der Waals surface area (Å²) >= 11 is 0. The number of nitrogens with zero attached hydrogens (tertiary/aromatic N) is 6. The maximum atomic E-state index is 14.9. The minimum absolute atomic E-state index is 0.0720. The van der Waals surface area contributed by atoms with Crippen molar-refractivity contribution in [2.45, 2.75) is 13.1 Å². The fourth-order valence-corrected chi connectivity index (χ4v) is 4.23. The first-order valence-electron chi connectivity index (χ1n) is 10.3. The summed E-state index contributed by atoms with van der Waals surface area (Å²) in [6.07, 6.45) is 4.33. The van der Waals surface area contributed by atoms with E-state index in [0.717, 1.165) is 37.6 Å². The van der Waals surface area contributed by atoms with Gasteiger partial charge in [-0.05, 0) is 19.2 Å². The second-order valence-electron chi connectivity index (χ2n) is 8.07. The Kier molecular flexibility index (Phi) is 4.27. The lowest BCUT2D eigenvalue weighted by atomic mass is 10.1. The van der Waals surface area contributed by atoms with Gasteiger partial charge in [0.15, 0.2) is 17.1 Å². The summed E-state index contributed by atoms with van der Waals surface area (Å²) in [4.78, 5) is 25.8. The molecule has 1 aromatic carbocycles. The Morgan fingerprint density at radius 3 is 2.88 bits per heavy atom. The van der Waals surface area contributed by atoms with Crippen molar-refractivity contribution in [3.05, 3.63) is 70.4 Å². The number of hydrogen-bond donors (Lipinski definition) is 2. The molecule has 0 spiro atoms. The Labute approximate surface area is 185 Å². The molecule has 0 saturated heterocycles. The molecule has 9 nitrogen and oxygen atoms in total. The number of imidazole rings is 1. The van der Waals surface area contributed by atoms with Crippen molar-refractivity contribution >= 4 is 28.3 Å². The summed E-state index contributed by atoms with van der Waals surface area (Å²) in [7, 11) is 2.04. The third-order valence-electron chi connectivity index (χ3n) is 5.80. The lowest BCUT2D eigenvalue weighted by Gasteiger charge is -2.22. The number of anilines is 2. The van der Waals surface area contributed by atoms with Gasteiger partial charge in [-0.15, -0.1) is 0 Å². The minimum Gasteiger partial charge on any atom is -0.346 e. The standard InChI is InChI=1S/C22H18F2N8O/c1-30-4-5-32-13(11-30)8-18(29-32)27-22-26-10-15(24)21(28-22)12-6-14(23)20-16(7-12)31-3-2-25-19(31)9-17(20)33/h2-3,6-10,25H,4-5,11H2,1H3,(H,26,27,28,29). The SMILES string of the molecule is CN1CCn2nc(Nc3ncc(F)c(-c4cc(F)c5c(=O)cc6[nH]ccn6c5c4)n3)cc2C1. The highest BCUT2D eigenvalue weighted by Gasteiger charge is 2.18. The van der Waals surface area contributed by atoms with Crippen molar-refractivity contribution in [3.63, 3.8) is 0 Å². The molecule has 1 aliphatic heterocycles. The maximum Gasteiger partial charge on any atom is 0.229 e. The van der Waals surface area contributed by atoms with Gasteiger partial charge in [-0.3, -0.25) is 14.4 Å². The van der Waals surface area contributed by atoms with Crippen LogP contribution in [0.15, 0.2) is 47.7 Å². The van der Waals surface area contributed by atoms with Crippen molar-refractivity contribution in [2.75, 3.05) is 18.9 Å². The van der Waals surface area contributed by atoms with Gasteiger partial charge in [0.1, 0.15) is 17.2 Å². The molecule has 5 heterocycles. The average molecular weight is 448 g/mol. The lowest BCUT2D eigenvalue weighted by molar-refractivity contribution is 0.259. The van der Waals surface area contributed by atoms with Crippen molar-refractivity contribution in [3.8, 4) is 11.3 Å². The number of aromatic amines is 1. The minimum atomic E-state index is -0.749. The Balaban J connectivity index is 1.43. The highest BCUT2D eigenvalue weighted by atomic mass is 19.1. The highest BCUT2D eigenvalue weighted by Crippen LogP contribution is 2.28. The zero-order chi connectivity index (χ0) is 22.7. The predicted octanol–water partition coefficient (Wildman–Crippen LogP) is 2.90. The summed E-state index contributed by atoms with van der Waals surface area (Å²) in [6.45, 7) is 2.44. The van der Waals surface area contributed by atoms with Gasteiger partial charge in [0, 0.05) is 43.2 Å². The van der Waals surface area contributed by atoms with Crippen LogP contribution in [0.2, 0.25) is 0 Å². The van der Waals surface area contributed by atoms with Crippen LogP contribution < -0.4 is 10.7 Å². The van der Waals surface area contributed by atoms with Crippen molar-refractivity contribution in [1.29, 1.82) is 0 Å². The van der Waals surface area contributed by atoms with Crippen LogP contribution in [-0.2, 0) is 13.1 Å². The fraction of sp³-hybridized carbons (Fsp3) is 0.182. The molecule has 4 aromatic heterocycles. The number of pyridine rings is 1. The number of fused-ring (bicyclic) bond motifs is 4. The molecule has 0 fully saturated rings. The Bertz CT molecular complexity index is 1600. The fourth-order valence-electron chi connectivity index (χ4n) is 4.23. The van der Waals surface area contributed by atoms with Crippen LogP contribution in [0.1, 0.15) is 5.69 Å². The Morgan fingerprint density at radius 2 is 2.00 bits per heavy atom. The van der Waals surface area contributed by atoms with Crippen LogP contribution in [-0.4, -0.2) is 47.6 Å². The molecule has 0 unspecified atom stereocenters. The summed E-state index contributed by atoms with van der Waals surface area (Å²) in [5.74, 6) is -0.781. The first-order valence-corrected chi connectivity index (χ1v) is 10.3. The van der Waals surface area contributed by atoms with Gasteiger partial charge in [-0.1, -0.05) is 0 Å². The molecule has 0 saturated carbocycles. The van der Waals surface area contributed by atoms with Crippen LogP contribution in [0.3, 0.4) is 0 Å². The zero-order valence-electron chi connectivity index (χ0n) is 17.5. The van der Waals surface area contributed by atoms with E-state index in [1.807, 2.05) is 17.8 Å². The molecule has 33 heavy (non-hydrogen) atoms. The molecule has 166 valence electrons. The number of aromatic nitrogens is 6. The van der Waals surface area contributed by atoms with Gasteiger partial charge in [-0.2, -0.15) is 5.10 Å². The average Bonchev–Trinajstić information content (AvgIpc) is 3.40. The van der Waals surface area contributed by atoms with Crippen LogP contribution >= 0.6 is 0 Å². The summed E-state index contributed by atoms with van der Waals surface area (Å²) in [5, 5.41) is 7.44. The van der Waals surface area contributed by atoms with Crippen molar-refractivity contribution in [1.82, 2.24) is 34.0 Å². The number of H-pyrrole nitrogens is 1. The van der Waals surface area contributed by atoms with E-state index in [0.29, 0.717) is 17.0 Å². The molecule has 11 heteroatoms. The number of benzene rings is 1. The summed E-state index contributed by atoms with van der Waals surface area (Å²) < 4.78 is 33.2. The van der Waals surface area contributed by atoms with Crippen LogP contribution in [0.25, 0.3) is 27.8 Å². The van der Waals surface area contributed by atoms with Crippen LogP contribution in [0.5, 0.6) is 0 Å². The highest BCUT2D eigenvalue weighted by molar-refractivity contribution is 5.87. The van der Waals surface area contributed by atoms with Gasteiger partial charge in [0.2, 0.25) is 5.95 Å². The third-order valence-corrected chi connectivity index (χ3v) is 5.80. The molecule has 0 atom stereocenters. The Hall–Kier alpha value is -4.12. The molecule has 0 radical (unpaired) electrons. The Morgan fingerprint density at radius 1 is 1.12 bits per heavy atom. The van der Waals surface area contributed by atoms with Gasteiger partial charge < -0.3 is 14.7 Å².